The number of nitrogens with zero attached hydrogens (tertiary/aromatic N) is 2. The van der Waals surface area contributed by atoms with Gasteiger partial charge in [0, 0.05) is 18.1 Å². The molecule has 0 atom stereocenters. The molecule has 3 N–H and O–H groups in total. The van der Waals surface area contributed by atoms with Gasteiger partial charge in [-0.3, -0.25) is 4.79 Å². The van der Waals surface area contributed by atoms with Gasteiger partial charge in [-0.05, 0) is 41.8 Å². The molecule has 1 aromatic heterocycles. The first-order chi connectivity index (χ1) is 15.3. The van der Waals surface area contributed by atoms with Gasteiger partial charge in [-0.15, -0.1) is 6.58 Å². The van der Waals surface area contributed by atoms with Gasteiger partial charge in [0.05, 0.1) is 22.5 Å². The molecule has 1 heterocycles. The lowest BCUT2D eigenvalue weighted by atomic mass is 10.1. The number of sulfonamides is 1. The van der Waals surface area contributed by atoms with Crippen molar-refractivity contribution in [3.63, 3.8) is 0 Å². The zero-order chi connectivity index (χ0) is 23.1. The van der Waals surface area contributed by atoms with Crippen molar-refractivity contribution in [2.45, 2.75) is 23.0 Å². The van der Waals surface area contributed by atoms with E-state index in [1.54, 1.807) is 24.4 Å². The minimum absolute atomic E-state index is 0.0645. The van der Waals surface area contributed by atoms with Crippen LogP contribution in [0, 0.1) is 0 Å². The molecule has 2 aromatic carbocycles. The third kappa shape index (κ3) is 6.46. The molecule has 0 bridgehead atoms. The summed E-state index contributed by atoms with van der Waals surface area (Å²) in [6.07, 6.45) is 4.14. The summed E-state index contributed by atoms with van der Waals surface area (Å²) >= 11 is 7.33. The van der Waals surface area contributed by atoms with Crippen molar-refractivity contribution < 1.29 is 13.2 Å². The second kappa shape index (κ2) is 10.8. The molecule has 0 aliphatic heterocycles. The van der Waals surface area contributed by atoms with Gasteiger partial charge in [0.15, 0.2) is 5.16 Å². The van der Waals surface area contributed by atoms with Crippen LogP contribution >= 0.6 is 23.4 Å². The van der Waals surface area contributed by atoms with Gasteiger partial charge in [0.25, 0.3) is 0 Å². The number of aromatic nitrogens is 2. The molecular weight excluding hydrogens is 468 g/mol. The summed E-state index contributed by atoms with van der Waals surface area (Å²) in [4.78, 5) is 16.8. The van der Waals surface area contributed by atoms with Crippen LogP contribution in [-0.2, 0) is 27.8 Å². The fourth-order valence-corrected chi connectivity index (χ4v) is 4.46. The number of primary sulfonamides is 1. The predicted molar refractivity (Wildman–Crippen MR) is 128 cm³/mol. The van der Waals surface area contributed by atoms with Crippen molar-refractivity contribution in [3.8, 4) is 11.3 Å². The van der Waals surface area contributed by atoms with E-state index in [0.717, 1.165) is 22.0 Å². The topological polar surface area (TPSA) is 107 Å². The molecule has 3 aromatic rings. The highest BCUT2D eigenvalue weighted by atomic mass is 35.5. The summed E-state index contributed by atoms with van der Waals surface area (Å²) < 4.78 is 24.6. The monoisotopic (exact) mass is 490 g/mol. The Morgan fingerprint density at radius 2 is 1.88 bits per heavy atom. The first-order valence-corrected chi connectivity index (χ1v) is 12.6. The number of carbonyl (C=O) groups is 1. The molecule has 0 saturated carbocycles. The molecular formula is C22H23ClN4O3S2. The van der Waals surface area contributed by atoms with E-state index in [0.29, 0.717) is 24.5 Å². The van der Waals surface area contributed by atoms with Crippen LogP contribution in [0.5, 0.6) is 0 Å². The quantitative estimate of drug-likeness (QED) is 0.334. The van der Waals surface area contributed by atoms with Crippen molar-refractivity contribution in [2.24, 2.45) is 5.14 Å². The Kier molecular flexibility index (Phi) is 8.14. The maximum Gasteiger partial charge on any atom is 0.238 e. The molecule has 0 aliphatic rings. The van der Waals surface area contributed by atoms with Crippen LogP contribution in [-0.4, -0.2) is 36.2 Å². The number of hydrogen-bond donors (Lipinski definition) is 2. The number of thioether (sulfide) groups is 1. The van der Waals surface area contributed by atoms with Gasteiger partial charge >= 0.3 is 0 Å². The van der Waals surface area contributed by atoms with Gasteiger partial charge in [-0.25, -0.2) is 18.5 Å². The van der Waals surface area contributed by atoms with E-state index in [1.165, 1.54) is 23.9 Å². The van der Waals surface area contributed by atoms with Crippen molar-refractivity contribution >= 4 is 39.3 Å². The molecule has 0 radical (unpaired) electrons. The number of nitrogens with one attached hydrogen (secondary N) is 1. The lowest BCUT2D eigenvalue weighted by molar-refractivity contribution is -0.118. The van der Waals surface area contributed by atoms with E-state index in [9.17, 15) is 13.2 Å². The Labute approximate surface area is 196 Å². The van der Waals surface area contributed by atoms with E-state index in [2.05, 4.69) is 16.9 Å². The highest BCUT2D eigenvalue weighted by Gasteiger charge is 2.13. The first-order valence-electron chi connectivity index (χ1n) is 9.71. The molecule has 168 valence electrons. The minimum atomic E-state index is -3.71. The van der Waals surface area contributed by atoms with Crippen molar-refractivity contribution in [1.29, 1.82) is 0 Å². The number of imidazole rings is 1. The van der Waals surface area contributed by atoms with Gasteiger partial charge in [0.2, 0.25) is 15.9 Å². The van der Waals surface area contributed by atoms with Crippen molar-refractivity contribution in [3.05, 3.63) is 78.0 Å². The Morgan fingerprint density at radius 1 is 1.19 bits per heavy atom. The lowest BCUT2D eigenvalue weighted by Gasteiger charge is -2.10. The summed E-state index contributed by atoms with van der Waals surface area (Å²) in [5, 5.41) is 9.35. The summed E-state index contributed by atoms with van der Waals surface area (Å²) in [5.74, 6) is 0.107. The van der Waals surface area contributed by atoms with Crippen molar-refractivity contribution in [2.75, 3.05) is 12.3 Å². The molecule has 0 fully saturated rings. The maximum atomic E-state index is 12.3. The lowest BCUT2D eigenvalue weighted by Crippen LogP contribution is -2.27. The van der Waals surface area contributed by atoms with E-state index in [-0.39, 0.29) is 16.6 Å². The first kappa shape index (κ1) is 24.1. The Morgan fingerprint density at radius 3 is 2.50 bits per heavy atom. The Balaban J connectivity index is 1.54. The number of hydrogen-bond acceptors (Lipinski definition) is 5. The normalized spacial score (nSPS) is 11.3. The number of rotatable bonds is 10. The van der Waals surface area contributed by atoms with Crippen LogP contribution in [0.25, 0.3) is 11.3 Å². The van der Waals surface area contributed by atoms with E-state index >= 15 is 0 Å². The zero-order valence-corrected chi connectivity index (χ0v) is 19.6. The highest BCUT2D eigenvalue weighted by molar-refractivity contribution is 7.99. The molecule has 32 heavy (non-hydrogen) atoms. The van der Waals surface area contributed by atoms with Crippen LogP contribution < -0.4 is 10.5 Å². The molecule has 0 unspecified atom stereocenters. The van der Waals surface area contributed by atoms with Gasteiger partial charge < -0.3 is 9.88 Å². The predicted octanol–water partition coefficient (Wildman–Crippen LogP) is 3.49. The number of carbonyl (C=O) groups excluding carboxylic acids is 1. The molecule has 0 saturated heterocycles. The Bertz CT molecular complexity index is 1190. The summed E-state index contributed by atoms with van der Waals surface area (Å²) in [5.41, 5.74) is 2.81. The van der Waals surface area contributed by atoms with Gasteiger partial charge in [-0.2, -0.15) is 0 Å². The maximum absolute atomic E-state index is 12.3. The molecule has 0 spiro atoms. The second-order valence-corrected chi connectivity index (χ2v) is 9.85. The van der Waals surface area contributed by atoms with Gasteiger partial charge in [-0.1, -0.05) is 53.7 Å². The number of amides is 1. The van der Waals surface area contributed by atoms with E-state index in [1.807, 2.05) is 28.8 Å². The third-order valence-electron chi connectivity index (χ3n) is 4.59. The van der Waals surface area contributed by atoms with Crippen LogP contribution in [0.2, 0.25) is 5.02 Å². The molecule has 1 amide bonds. The van der Waals surface area contributed by atoms with Gasteiger partial charge in [0.1, 0.15) is 0 Å². The van der Waals surface area contributed by atoms with Crippen LogP contribution in [0.15, 0.2) is 77.4 Å². The van der Waals surface area contributed by atoms with Crippen molar-refractivity contribution in [1.82, 2.24) is 14.9 Å². The summed E-state index contributed by atoms with van der Waals surface area (Å²) in [7, 11) is -3.71. The Hall–Kier alpha value is -2.59. The molecule has 3 rings (SSSR count). The fraction of sp³-hybridized carbons (Fsp3) is 0.182. The second-order valence-electron chi connectivity index (χ2n) is 6.91. The number of nitrogens with two attached hydrogens (primary N) is 1. The number of halogens is 1. The van der Waals surface area contributed by atoms with Crippen LogP contribution in [0.4, 0.5) is 0 Å². The highest BCUT2D eigenvalue weighted by Crippen LogP contribution is 2.27. The summed E-state index contributed by atoms with van der Waals surface area (Å²) in [6.45, 7) is 4.81. The summed E-state index contributed by atoms with van der Waals surface area (Å²) in [6, 6.07) is 13.8. The van der Waals surface area contributed by atoms with Crippen LogP contribution in [0.1, 0.15) is 5.56 Å². The number of benzene rings is 2. The molecule has 7 nitrogen and oxygen atoms in total. The molecule has 0 aliphatic carbocycles. The van der Waals surface area contributed by atoms with E-state index in [4.69, 9.17) is 16.7 Å². The third-order valence-corrected chi connectivity index (χ3v) is 6.76. The molecule has 10 heteroatoms. The minimum Gasteiger partial charge on any atom is -0.355 e. The smallest absolute Gasteiger partial charge is 0.238 e. The number of allylic oxidation sites excluding steroid dienone is 1. The largest absolute Gasteiger partial charge is 0.355 e. The average molecular weight is 491 g/mol. The van der Waals surface area contributed by atoms with Crippen LogP contribution in [0.3, 0.4) is 0 Å². The zero-order valence-electron chi connectivity index (χ0n) is 17.2. The SMILES string of the molecule is C=CCn1c(-c2ccc(Cl)cc2)cnc1SCC(=O)NCCc1ccc(S(N)(=O)=O)cc1. The van der Waals surface area contributed by atoms with E-state index < -0.39 is 10.0 Å². The average Bonchev–Trinajstić information content (AvgIpc) is 3.15. The fourth-order valence-electron chi connectivity index (χ4n) is 3.00. The standard InChI is InChI=1S/C22H23ClN4O3S2/c1-2-13-27-20(17-5-7-18(23)8-6-17)14-26-22(27)31-15-21(28)25-12-11-16-3-9-19(10-4-16)32(24,29)30/h2-10,14H,1,11-13,15H2,(H,25,28)(H2,24,29,30).